The van der Waals surface area contributed by atoms with Crippen LogP contribution in [0.4, 0.5) is 0 Å². The lowest BCUT2D eigenvalue weighted by Gasteiger charge is -2.18. The zero-order valence-corrected chi connectivity index (χ0v) is 12.3. The summed E-state index contributed by atoms with van der Waals surface area (Å²) in [4.78, 5) is 0. The molecule has 0 saturated heterocycles. The van der Waals surface area contributed by atoms with E-state index < -0.39 is 0 Å². The average Bonchev–Trinajstić information content (AvgIpc) is 2.83. The van der Waals surface area contributed by atoms with Gasteiger partial charge >= 0.3 is 0 Å². The van der Waals surface area contributed by atoms with Gasteiger partial charge in [0.25, 0.3) is 0 Å². The van der Waals surface area contributed by atoms with Gasteiger partial charge in [-0.25, -0.2) is 0 Å². The zero-order valence-electron chi connectivity index (χ0n) is 11.6. The molecule has 1 aliphatic carbocycles. The van der Waals surface area contributed by atoms with E-state index >= 15 is 0 Å². The Morgan fingerprint density at radius 2 is 1.94 bits per heavy atom. The van der Waals surface area contributed by atoms with Crippen LogP contribution in [-0.4, -0.2) is 6.61 Å². The fourth-order valence-electron chi connectivity index (χ4n) is 2.95. The molecular weight excluding hydrogens is 244 g/mol. The van der Waals surface area contributed by atoms with E-state index in [2.05, 4.69) is 45.9 Å². The van der Waals surface area contributed by atoms with Gasteiger partial charge in [0.2, 0.25) is 0 Å². The highest BCUT2D eigenvalue weighted by atomic mass is 35.5. The molecule has 0 bridgehead atoms. The minimum Gasteiger partial charge on any atom is -0.492 e. The van der Waals surface area contributed by atoms with Crippen LogP contribution in [-0.2, 0) is 5.41 Å². The molecule has 2 atom stereocenters. The molecule has 98 valence electrons. The van der Waals surface area contributed by atoms with E-state index in [4.69, 9.17) is 16.3 Å². The zero-order chi connectivity index (χ0) is 13.1. The van der Waals surface area contributed by atoms with Crippen LogP contribution in [0.15, 0.2) is 18.2 Å². The van der Waals surface area contributed by atoms with Crippen molar-refractivity contribution in [3.05, 3.63) is 29.3 Å². The lowest BCUT2D eigenvalue weighted by molar-refractivity contribution is 0.291. The monoisotopic (exact) mass is 264 g/mol. The molecule has 1 aromatic rings. The van der Waals surface area contributed by atoms with Crippen molar-refractivity contribution in [3.8, 4) is 5.75 Å². The third-order valence-electron chi connectivity index (χ3n) is 4.58. The minimum atomic E-state index is 0.112. The van der Waals surface area contributed by atoms with Crippen LogP contribution in [0.25, 0.3) is 0 Å². The van der Waals surface area contributed by atoms with Gasteiger partial charge in [-0.05, 0) is 35.4 Å². The number of rotatable bonds is 2. The highest BCUT2D eigenvalue weighted by Crippen LogP contribution is 2.60. The Morgan fingerprint density at radius 3 is 2.56 bits per heavy atom. The Labute approximate surface area is 114 Å². The molecule has 0 N–H and O–H groups in total. The topological polar surface area (TPSA) is 9.23 Å². The lowest BCUT2D eigenvalue weighted by Crippen LogP contribution is -2.18. The van der Waals surface area contributed by atoms with Crippen LogP contribution < -0.4 is 4.74 Å². The third-order valence-corrected chi connectivity index (χ3v) is 5.14. The summed E-state index contributed by atoms with van der Waals surface area (Å²) in [5.41, 5.74) is 3.09. The predicted octanol–water partition coefficient (Wildman–Crippen LogP) is 4.68. The molecule has 0 amide bonds. The number of alkyl halides is 1. The number of halogens is 1. The van der Waals surface area contributed by atoms with Crippen molar-refractivity contribution in [3.63, 3.8) is 0 Å². The molecule has 1 fully saturated rings. The summed E-state index contributed by atoms with van der Waals surface area (Å²) < 4.78 is 5.72. The Hall–Kier alpha value is -0.690. The van der Waals surface area contributed by atoms with Gasteiger partial charge < -0.3 is 4.74 Å². The van der Waals surface area contributed by atoms with Crippen molar-refractivity contribution < 1.29 is 4.74 Å². The highest BCUT2D eigenvalue weighted by Gasteiger charge is 2.50. The summed E-state index contributed by atoms with van der Waals surface area (Å²) in [5.74, 6) is 1.64. The quantitative estimate of drug-likeness (QED) is 0.705. The van der Waals surface area contributed by atoms with Gasteiger partial charge in [0.15, 0.2) is 0 Å². The summed E-state index contributed by atoms with van der Waals surface area (Å²) >= 11 is 6.64. The Balaban J connectivity index is 1.91. The first kappa shape index (κ1) is 12.3. The summed E-state index contributed by atoms with van der Waals surface area (Å²) in [6, 6.07) is 6.48. The molecule has 3 rings (SSSR count). The van der Waals surface area contributed by atoms with Crippen molar-refractivity contribution >= 4 is 11.6 Å². The summed E-state index contributed by atoms with van der Waals surface area (Å²) in [6.45, 7) is 9.83. The van der Waals surface area contributed by atoms with Gasteiger partial charge in [-0.3, -0.25) is 0 Å². The van der Waals surface area contributed by atoms with Crippen LogP contribution in [0.3, 0.4) is 0 Å². The molecule has 0 aromatic heterocycles. The molecule has 2 aliphatic rings. The van der Waals surface area contributed by atoms with Crippen LogP contribution in [0.2, 0.25) is 0 Å². The van der Waals surface area contributed by atoms with E-state index in [1.54, 1.807) is 0 Å². The van der Waals surface area contributed by atoms with E-state index in [0.717, 1.165) is 12.4 Å². The maximum atomic E-state index is 6.64. The molecule has 1 saturated carbocycles. The number of hydrogen-bond acceptors (Lipinski definition) is 1. The molecule has 2 heteroatoms. The Kier molecular flexibility index (Phi) is 2.51. The fourth-order valence-corrected chi connectivity index (χ4v) is 3.52. The fraction of sp³-hybridized carbons (Fsp3) is 0.625. The Bertz CT molecular complexity index is 490. The van der Waals surface area contributed by atoms with Crippen LogP contribution >= 0.6 is 11.6 Å². The first-order valence-corrected chi connectivity index (χ1v) is 7.16. The lowest BCUT2D eigenvalue weighted by atomic mass is 9.85. The molecule has 1 aliphatic heterocycles. The summed E-state index contributed by atoms with van der Waals surface area (Å²) in [5, 5.41) is 0.140. The first-order valence-electron chi connectivity index (χ1n) is 6.73. The van der Waals surface area contributed by atoms with Gasteiger partial charge in [0, 0.05) is 11.0 Å². The largest absolute Gasteiger partial charge is 0.492 e. The van der Waals surface area contributed by atoms with Gasteiger partial charge in [0.1, 0.15) is 5.75 Å². The summed E-state index contributed by atoms with van der Waals surface area (Å²) in [7, 11) is 0. The number of fused-ring (bicyclic) bond motifs is 1. The van der Waals surface area contributed by atoms with Gasteiger partial charge in [0.05, 0.1) is 12.0 Å². The van der Waals surface area contributed by atoms with Crippen molar-refractivity contribution in [2.45, 2.75) is 44.9 Å². The second-order valence-corrected chi connectivity index (χ2v) is 7.60. The van der Waals surface area contributed by atoms with E-state index in [-0.39, 0.29) is 10.8 Å². The number of ether oxygens (including phenoxy) is 1. The molecule has 2 unspecified atom stereocenters. The van der Waals surface area contributed by atoms with Gasteiger partial charge in [-0.15, -0.1) is 11.6 Å². The molecule has 0 spiro atoms. The average molecular weight is 265 g/mol. The number of benzene rings is 1. The normalized spacial score (nSPS) is 28.4. The van der Waals surface area contributed by atoms with Crippen LogP contribution in [0, 0.1) is 11.3 Å². The standard InChI is InChI=1S/C16H21ClO/c1-15(2)8-12(15)14(17)10-5-6-13-11(7-10)16(3,4)9-18-13/h5-7,12,14H,8-9H2,1-4H3. The maximum absolute atomic E-state index is 6.64. The predicted molar refractivity (Wildman–Crippen MR) is 75.4 cm³/mol. The van der Waals surface area contributed by atoms with E-state index in [1.807, 2.05) is 0 Å². The van der Waals surface area contributed by atoms with E-state index in [9.17, 15) is 0 Å². The molecule has 1 aromatic carbocycles. The Morgan fingerprint density at radius 1 is 1.28 bits per heavy atom. The third kappa shape index (κ3) is 1.84. The van der Waals surface area contributed by atoms with E-state index in [1.165, 1.54) is 17.5 Å². The molecule has 0 radical (unpaired) electrons. The maximum Gasteiger partial charge on any atom is 0.123 e. The smallest absolute Gasteiger partial charge is 0.123 e. The van der Waals surface area contributed by atoms with Crippen molar-refractivity contribution in [1.29, 1.82) is 0 Å². The second kappa shape index (κ2) is 3.66. The first-order chi connectivity index (χ1) is 8.31. The van der Waals surface area contributed by atoms with Crippen molar-refractivity contribution in [2.75, 3.05) is 6.61 Å². The van der Waals surface area contributed by atoms with Gasteiger partial charge in [-0.2, -0.15) is 0 Å². The summed E-state index contributed by atoms with van der Waals surface area (Å²) in [6.07, 6.45) is 1.23. The van der Waals surface area contributed by atoms with E-state index in [0.29, 0.717) is 11.3 Å². The van der Waals surface area contributed by atoms with Crippen LogP contribution in [0.5, 0.6) is 5.75 Å². The highest BCUT2D eigenvalue weighted by molar-refractivity contribution is 6.21. The molecule has 1 nitrogen and oxygen atoms in total. The SMILES string of the molecule is CC1(C)COc2ccc(C(Cl)C3CC3(C)C)cc21. The van der Waals surface area contributed by atoms with Gasteiger partial charge in [-0.1, -0.05) is 33.8 Å². The van der Waals surface area contributed by atoms with Crippen molar-refractivity contribution in [2.24, 2.45) is 11.3 Å². The minimum absolute atomic E-state index is 0.112. The molecule has 18 heavy (non-hydrogen) atoms. The van der Waals surface area contributed by atoms with Crippen molar-refractivity contribution in [1.82, 2.24) is 0 Å². The molecule has 1 heterocycles. The molecular formula is C16H21ClO. The van der Waals surface area contributed by atoms with Crippen LogP contribution in [0.1, 0.15) is 50.6 Å². The number of hydrogen-bond donors (Lipinski definition) is 0. The second-order valence-electron chi connectivity index (χ2n) is 7.13.